The largest absolute Gasteiger partial charge is 0.390 e. The van der Waals surface area contributed by atoms with Gasteiger partial charge in [0.15, 0.2) is 29.1 Å². The van der Waals surface area contributed by atoms with Crippen LogP contribution in [0.4, 0.5) is 0 Å². The molecule has 1 amide bonds. The summed E-state index contributed by atoms with van der Waals surface area (Å²) in [5.74, 6) is -1.30. The average molecular weight is 1120 g/mol. The highest BCUT2D eigenvalue weighted by molar-refractivity contribution is 8.01. The molecule has 0 aromatic heterocycles. The summed E-state index contributed by atoms with van der Waals surface area (Å²) in [5.41, 5.74) is -4.83. The van der Waals surface area contributed by atoms with E-state index in [4.69, 9.17) is 16.2 Å². The second-order valence-corrected chi connectivity index (χ2v) is 24.2. The summed E-state index contributed by atoms with van der Waals surface area (Å²) in [6.45, 7) is 45.6. The van der Waals surface area contributed by atoms with Gasteiger partial charge in [-0.05, 0) is 55.6 Å². The van der Waals surface area contributed by atoms with Crippen molar-refractivity contribution in [2.75, 3.05) is 25.5 Å². The number of nitriles is 1. The lowest BCUT2D eigenvalue weighted by Gasteiger charge is -2.42. The first-order chi connectivity index (χ1) is 33.8. The lowest BCUT2D eigenvalue weighted by Crippen LogP contribution is -2.68. The van der Waals surface area contributed by atoms with Crippen LogP contribution >= 0.6 is 11.8 Å². The number of hydrogen-bond acceptors (Lipinski definition) is 19. The molecule has 0 radical (unpaired) electrons. The number of aliphatic hydroxyl groups excluding tert-OH is 6. The predicted octanol–water partition coefficient (Wildman–Crippen LogP) is 3.01. The molecule has 0 aromatic rings. The number of carbonyl (C=O) groups is 2. The van der Waals surface area contributed by atoms with Crippen LogP contribution in [-0.2, 0) is 48.2 Å². The third kappa shape index (κ3) is 23.2. The number of nitrogens with zero attached hydrogens (tertiary/aromatic N) is 2. The van der Waals surface area contributed by atoms with E-state index in [0.29, 0.717) is 12.5 Å². The predicted molar refractivity (Wildman–Crippen MR) is 284 cm³/mol. The molecule has 0 bridgehead atoms. The summed E-state index contributed by atoms with van der Waals surface area (Å²) < 4.78 is 53.5. The third-order valence-corrected chi connectivity index (χ3v) is 14.8. The zero-order chi connectivity index (χ0) is 59.6. The van der Waals surface area contributed by atoms with Crippen LogP contribution in [-0.4, -0.2) is 149 Å². The number of allylic oxidation sites excluding steroid dienone is 1. The molecule has 3 saturated heterocycles. The van der Waals surface area contributed by atoms with Gasteiger partial charge in [0.2, 0.25) is 5.91 Å². The van der Waals surface area contributed by atoms with Crippen LogP contribution in [0.1, 0.15) is 124 Å². The van der Waals surface area contributed by atoms with Gasteiger partial charge in [-0.2, -0.15) is 36.4 Å². The van der Waals surface area contributed by atoms with Crippen LogP contribution in [0.25, 0.3) is 4.85 Å². The van der Waals surface area contributed by atoms with Gasteiger partial charge >= 0.3 is 32.4 Å². The molecule has 13 atom stereocenters. The number of Topliss-reactive ketones (excluding diaryl/α,β-unsaturated/α-hetero) is 1. The molecule has 0 aliphatic carbocycles. The molecule has 3 aliphatic heterocycles. The number of nitrogens with two attached hydrogens (primary N) is 1. The fourth-order valence-electron chi connectivity index (χ4n) is 7.10. The molecule has 432 valence electrons. The van der Waals surface area contributed by atoms with Crippen molar-refractivity contribution in [1.82, 2.24) is 15.4 Å². The normalized spacial score (nSPS) is 28.5. The number of aliphatic hydroxyl groups is 6. The second kappa shape index (κ2) is 35.3. The summed E-state index contributed by atoms with van der Waals surface area (Å²) in [7, 11) is -7.95. The Morgan fingerprint density at radius 2 is 1.41 bits per heavy atom. The number of hydrogen-bond donors (Lipinski definition) is 10. The van der Waals surface area contributed by atoms with Crippen LogP contribution in [0.2, 0.25) is 0 Å². The maximum absolute atomic E-state index is 13.2. The second-order valence-electron chi connectivity index (χ2n) is 19.9. The van der Waals surface area contributed by atoms with Crippen LogP contribution in [0.15, 0.2) is 25.3 Å². The highest BCUT2D eigenvalue weighted by Crippen LogP contribution is 2.40. The van der Waals surface area contributed by atoms with E-state index in [1.165, 1.54) is 11.8 Å². The highest BCUT2D eigenvalue weighted by atomic mass is 32.2. The van der Waals surface area contributed by atoms with E-state index in [-0.39, 0.29) is 48.8 Å². The maximum Gasteiger partial charge on any atom is 0.373 e. The van der Waals surface area contributed by atoms with Gasteiger partial charge < -0.3 is 36.0 Å². The molecule has 0 aromatic carbocycles. The van der Waals surface area contributed by atoms with Gasteiger partial charge in [0.25, 0.3) is 0 Å². The van der Waals surface area contributed by atoms with E-state index >= 15 is 0 Å². The first-order valence-electron chi connectivity index (χ1n) is 24.5. The van der Waals surface area contributed by atoms with Crippen LogP contribution in [0.3, 0.4) is 0 Å². The smallest absolute Gasteiger partial charge is 0.373 e. The number of carbonyl (C=O) groups excluding carboxylic acids is 4. The minimum absolute atomic E-state index is 0.00155. The Labute approximate surface area is 447 Å². The maximum atomic E-state index is 13.2. The van der Waals surface area contributed by atoms with Gasteiger partial charge in [0.05, 0.1) is 54.4 Å². The summed E-state index contributed by atoms with van der Waals surface area (Å²) in [4.78, 5) is 44.9. The standard InChI is InChI=1S/C16H29NO4S.C10H18N2O5S.C10H18N2O2.C5H11NO3S.C5H10.C2H6.CO2/c1-7-8-22-15(5,6)14(21)16(11(18)9(2)3)12(19)10(4)13(20)17-16;1-6(2)8(13)10(5-11)9(14)7(3)4-17-18(15,16)12-10;1-6(2)8(13)10(11-4)9(14)7(3)5-12-10;1-3-5(2)4-9-10(6,7)8;1-4-5(2)3;1-2;2-1-3/h9-12,18-19H,7-8H2,1-6H3,(H,17,20);6-9,12-14H,4H2,1-3H3;6-9,12-14H,5H2,1-3H3;3,5H,1,4H2,2H3,(H2,6,7,8);4-5H,1H2,2-3H3;1-2H3;/t10-,11+,12+,16-;7-,8-,9+,10-;7-,8-,9-,10+;5-;;;/m1001.../s1. The van der Waals surface area contributed by atoms with Crippen molar-refractivity contribution in [3.63, 3.8) is 0 Å². The van der Waals surface area contributed by atoms with Gasteiger partial charge in [-0.1, -0.05) is 116 Å². The summed E-state index contributed by atoms with van der Waals surface area (Å²) in [6, 6.07) is 1.70. The Morgan fingerprint density at radius 3 is 1.72 bits per heavy atom. The van der Waals surface area contributed by atoms with E-state index in [2.05, 4.69) is 56.0 Å². The first kappa shape index (κ1) is 77.3. The van der Waals surface area contributed by atoms with E-state index in [1.807, 2.05) is 52.3 Å². The van der Waals surface area contributed by atoms with Crippen LogP contribution in [0.5, 0.6) is 0 Å². The number of thioether (sulfide) groups is 1. The van der Waals surface area contributed by atoms with Crippen molar-refractivity contribution < 1.29 is 75.0 Å². The Balaban J connectivity index is -0.000000426. The molecule has 3 fully saturated rings. The summed E-state index contributed by atoms with van der Waals surface area (Å²) in [6.07, 6.45) is -2.03. The van der Waals surface area contributed by atoms with E-state index in [1.54, 1.807) is 74.5 Å². The monoisotopic (exact) mass is 1120 g/mol. The van der Waals surface area contributed by atoms with Gasteiger partial charge in [0.1, 0.15) is 0 Å². The summed E-state index contributed by atoms with van der Waals surface area (Å²) >= 11 is 1.48. The lowest BCUT2D eigenvalue weighted by atomic mass is 9.73. The molecule has 74 heavy (non-hydrogen) atoms. The molecular formula is C49H92N6O16S3. The topological polar surface area (TPSA) is 367 Å². The fourth-order valence-corrected chi connectivity index (χ4v) is 9.68. The summed E-state index contributed by atoms with van der Waals surface area (Å²) in [5, 5.41) is 80.6. The number of ketones is 1. The van der Waals surface area contributed by atoms with Gasteiger partial charge in [-0.25, -0.2) is 17.0 Å². The molecule has 22 nitrogen and oxygen atoms in total. The van der Waals surface area contributed by atoms with Crippen molar-refractivity contribution in [2.45, 2.75) is 182 Å². The van der Waals surface area contributed by atoms with Crippen LogP contribution in [0, 0.1) is 65.2 Å². The fraction of sp³-hybridized carbons (Fsp3) is 0.816. The van der Waals surface area contributed by atoms with Crippen molar-refractivity contribution in [1.29, 1.82) is 5.26 Å². The van der Waals surface area contributed by atoms with Crippen molar-refractivity contribution >= 4 is 50.2 Å². The molecule has 0 unspecified atom stereocenters. The van der Waals surface area contributed by atoms with Crippen molar-refractivity contribution in [2.24, 2.45) is 52.5 Å². The molecule has 0 saturated carbocycles. The van der Waals surface area contributed by atoms with Gasteiger partial charge in [0, 0.05) is 18.4 Å². The first-order valence-corrected chi connectivity index (χ1v) is 28.4. The quantitative estimate of drug-likeness (QED) is 0.0784. The molecular weight excluding hydrogens is 1020 g/mol. The highest BCUT2D eigenvalue weighted by Gasteiger charge is 2.63. The Morgan fingerprint density at radius 1 is 0.946 bits per heavy atom. The lowest BCUT2D eigenvalue weighted by molar-refractivity contribution is -0.191. The minimum Gasteiger partial charge on any atom is -0.390 e. The number of amides is 1. The van der Waals surface area contributed by atoms with E-state index in [0.717, 1.165) is 12.2 Å². The van der Waals surface area contributed by atoms with E-state index in [9.17, 15) is 62.3 Å². The molecule has 25 heteroatoms. The number of nitrogens with one attached hydrogen (secondary N) is 3. The molecule has 3 aliphatic rings. The molecule has 11 N–H and O–H groups in total. The Kier molecular flexibility index (Phi) is 36.8. The Hall–Kier alpha value is -3.21. The Bertz CT molecular complexity index is 2040. The molecule has 0 spiro atoms. The third-order valence-electron chi connectivity index (χ3n) is 11.8. The van der Waals surface area contributed by atoms with Crippen molar-refractivity contribution in [3.05, 3.63) is 36.7 Å². The molecule has 3 heterocycles. The SMILES string of the molecule is C=CC(C)C.C=C[C@@H](C)COS(N)(=O)=O.CC.CC(C)[C@H](O)[C@]1(C#N)NS(=O)(=O)OC[C@H](C)[C@H]1O.CCCSC(C)(C)C(=O)[C@]1([C@@H](O)C(C)C)NC(=O)[C@H](C)[C@@H]1O.O=C=O.[C-]#[N+][C@]1([C@@H](O)C(C)C)NC[C@H](C)[C@@H]1O. The van der Waals surface area contributed by atoms with Crippen LogP contribution < -0.4 is 20.5 Å². The number of rotatable bonds is 16. The minimum atomic E-state index is -4.18. The average Bonchev–Trinajstić information content (AvgIpc) is 3.73. The zero-order valence-electron chi connectivity index (χ0n) is 46.6. The molecule has 3 rings (SSSR count). The van der Waals surface area contributed by atoms with Gasteiger partial charge in [-0.15, -0.1) is 24.9 Å². The van der Waals surface area contributed by atoms with Crippen molar-refractivity contribution in [3.8, 4) is 6.07 Å². The van der Waals surface area contributed by atoms with Gasteiger partial charge in [-0.3, -0.25) is 22.8 Å². The van der Waals surface area contributed by atoms with E-state index < -0.39 is 102 Å². The zero-order valence-corrected chi connectivity index (χ0v) is 49.1.